The van der Waals surface area contributed by atoms with E-state index < -0.39 is 0 Å². The zero-order chi connectivity index (χ0) is 14.5. The normalized spacial score (nSPS) is 10.6. The third kappa shape index (κ3) is 3.45. The van der Waals surface area contributed by atoms with E-state index in [0.717, 1.165) is 5.56 Å². The molecule has 1 heterocycles. The van der Waals surface area contributed by atoms with Crippen LogP contribution in [0, 0.1) is 6.92 Å². The molecule has 0 bridgehead atoms. The molecule has 1 aromatic carbocycles. The molecule has 0 aliphatic carbocycles. The van der Waals surface area contributed by atoms with Crippen molar-refractivity contribution in [3.63, 3.8) is 0 Å². The van der Waals surface area contributed by atoms with E-state index in [1.807, 2.05) is 31.2 Å². The lowest BCUT2D eigenvalue weighted by molar-refractivity contribution is -0.168. The van der Waals surface area contributed by atoms with E-state index in [-0.39, 0.29) is 5.91 Å². The topological polar surface area (TPSA) is 55.6 Å². The fourth-order valence-electron chi connectivity index (χ4n) is 1.75. The lowest BCUT2D eigenvalue weighted by atomic mass is 10.1. The molecular formula is C15H18N2O3. The van der Waals surface area contributed by atoms with Gasteiger partial charge in [-0.3, -0.25) is 9.63 Å². The van der Waals surface area contributed by atoms with Crippen molar-refractivity contribution in [2.45, 2.75) is 19.8 Å². The minimum atomic E-state index is -0.109. The van der Waals surface area contributed by atoms with Gasteiger partial charge >= 0.3 is 0 Å². The van der Waals surface area contributed by atoms with Crippen molar-refractivity contribution >= 4 is 5.91 Å². The molecule has 0 saturated carbocycles. The molecule has 1 amide bonds. The maximum absolute atomic E-state index is 11.6. The second-order valence-electron chi connectivity index (χ2n) is 4.56. The Bertz CT molecular complexity index is 575. The number of benzene rings is 1. The predicted molar refractivity (Wildman–Crippen MR) is 74.8 cm³/mol. The smallest absolute Gasteiger partial charge is 0.246 e. The Labute approximate surface area is 118 Å². The zero-order valence-corrected chi connectivity index (χ0v) is 11.9. The van der Waals surface area contributed by atoms with Crippen molar-refractivity contribution in [1.29, 1.82) is 0 Å². The lowest BCUT2D eigenvalue weighted by Crippen LogP contribution is -2.25. The van der Waals surface area contributed by atoms with Crippen LogP contribution in [0.25, 0.3) is 11.3 Å². The van der Waals surface area contributed by atoms with Crippen LogP contribution in [-0.4, -0.2) is 30.1 Å². The minimum Gasteiger partial charge on any atom is -0.441 e. The number of amides is 1. The summed E-state index contributed by atoms with van der Waals surface area (Å²) < 4.78 is 5.65. The van der Waals surface area contributed by atoms with Gasteiger partial charge in [0.2, 0.25) is 5.91 Å². The number of aromatic nitrogens is 1. The molecule has 0 fully saturated rings. The summed E-state index contributed by atoms with van der Waals surface area (Å²) in [6, 6.07) is 8.02. The molecule has 0 atom stereocenters. The maximum Gasteiger partial charge on any atom is 0.246 e. The number of rotatable bonds is 5. The van der Waals surface area contributed by atoms with Gasteiger partial charge in [-0.15, -0.1) is 0 Å². The van der Waals surface area contributed by atoms with Crippen LogP contribution < -0.4 is 0 Å². The van der Waals surface area contributed by atoms with Crippen molar-refractivity contribution in [1.82, 2.24) is 10.0 Å². The van der Waals surface area contributed by atoms with Gasteiger partial charge in [0, 0.05) is 25.5 Å². The van der Waals surface area contributed by atoms with Gasteiger partial charge in [-0.2, -0.15) is 0 Å². The first-order chi connectivity index (χ1) is 9.60. The monoisotopic (exact) mass is 274 g/mol. The summed E-state index contributed by atoms with van der Waals surface area (Å²) in [6.45, 7) is 2.04. The largest absolute Gasteiger partial charge is 0.441 e. The van der Waals surface area contributed by atoms with E-state index in [9.17, 15) is 4.79 Å². The molecule has 2 rings (SSSR count). The van der Waals surface area contributed by atoms with Crippen LogP contribution >= 0.6 is 0 Å². The number of nitrogens with zero attached hydrogens (tertiary/aromatic N) is 2. The average molecular weight is 274 g/mol. The highest BCUT2D eigenvalue weighted by Crippen LogP contribution is 2.21. The van der Waals surface area contributed by atoms with Crippen LogP contribution in [0.15, 0.2) is 34.9 Å². The summed E-state index contributed by atoms with van der Waals surface area (Å²) >= 11 is 0. The first-order valence-corrected chi connectivity index (χ1v) is 6.42. The van der Waals surface area contributed by atoms with Crippen molar-refractivity contribution < 1.29 is 14.0 Å². The Morgan fingerprint density at radius 3 is 2.70 bits per heavy atom. The lowest BCUT2D eigenvalue weighted by Gasteiger charge is -2.12. The Kier molecular flexibility index (Phi) is 4.53. The van der Waals surface area contributed by atoms with Crippen LogP contribution in [0.1, 0.15) is 17.9 Å². The molecule has 5 heteroatoms. The van der Waals surface area contributed by atoms with E-state index in [1.165, 1.54) is 17.7 Å². The molecule has 106 valence electrons. The molecule has 0 radical (unpaired) electrons. The molecule has 0 aliphatic rings. The first kappa shape index (κ1) is 14.3. The van der Waals surface area contributed by atoms with Gasteiger partial charge in [-0.25, -0.2) is 10.0 Å². The first-order valence-electron chi connectivity index (χ1n) is 6.42. The number of oxazole rings is 1. The Morgan fingerprint density at radius 1 is 1.35 bits per heavy atom. The molecule has 0 saturated heterocycles. The Morgan fingerprint density at radius 2 is 2.05 bits per heavy atom. The van der Waals surface area contributed by atoms with Crippen molar-refractivity contribution in [2.24, 2.45) is 0 Å². The molecular weight excluding hydrogens is 256 g/mol. The average Bonchev–Trinajstić information content (AvgIpc) is 2.93. The number of hydrogen-bond donors (Lipinski definition) is 0. The van der Waals surface area contributed by atoms with Crippen molar-refractivity contribution in [2.75, 3.05) is 14.2 Å². The Balaban J connectivity index is 1.99. The second kappa shape index (κ2) is 6.34. The number of aryl methyl sites for hydroxylation is 2. The predicted octanol–water partition coefficient (Wildman–Crippen LogP) is 2.60. The van der Waals surface area contributed by atoms with Crippen LogP contribution in [0.3, 0.4) is 0 Å². The molecule has 0 spiro atoms. The fraction of sp³-hybridized carbons (Fsp3) is 0.333. The van der Waals surface area contributed by atoms with E-state index in [1.54, 1.807) is 13.2 Å². The highest BCUT2D eigenvalue weighted by molar-refractivity contribution is 5.74. The molecule has 0 unspecified atom stereocenters. The summed E-state index contributed by atoms with van der Waals surface area (Å²) in [7, 11) is 3.04. The van der Waals surface area contributed by atoms with E-state index >= 15 is 0 Å². The third-order valence-corrected chi connectivity index (χ3v) is 3.07. The van der Waals surface area contributed by atoms with E-state index in [2.05, 4.69) is 4.98 Å². The second-order valence-corrected chi connectivity index (χ2v) is 4.56. The molecule has 2 aromatic rings. The third-order valence-electron chi connectivity index (χ3n) is 3.07. The van der Waals surface area contributed by atoms with Crippen molar-refractivity contribution in [3.05, 3.63) is 41.9 Å². The van der Waals surface area contributed by atoms with Gasteiger partial charge in [-0.05, 0) is 6.92 Å². The molecule has 0 aliphatic heterocycles. The molecule has 0 N–H and O–H groups in total. The molecule has 1 aromatic heterocycles. The quantitative estimate of drug-likeness (QED) is 0.786. The highest BCUT2D eigenvalue weighted by Gasteiger charge is 2.11. The Hall–Kier alpha value is -2.14. The van der Waals surface area contributed by atoms with E-state index in [0.29, 0.717) is 24.5 Å². The standard InChI is InChI=1S/C15H18N2O3/c1-11-4-6-12(7-5-11)13-10-16-14(20-13)8-9-15(18)17(2)19-3/h4-7,10H,8-9H2,1-3H3. The fourth-order valence-corrected chi connectivity index (χ4v) is 1.75. The molecule has 20 heavy (non-hydrogen) atoms. The van der Waals surface area contributed by atoms with Crippen LogP contribution in [-0.2, 0) is 16.1 Å². The summed E-state index contributed by atoms with van der Waals surface area (Å²) in [5.41, 5.74) is 2.18. The summed E-state index contributed by atoms with van der Waals surface area (Å²) in [6.07, 6.45) is 2.45. The van der Waals surface area contributed by atoms with Crippen LogP contribution in [0.5, 0.6) is 0 Å². The van der Waals surface area contributed by atoms with Crippen LogP contribution in [0.4, 0.5) is 0 Å². The van der Waals surface area contributed by atoms with Gasteiger partial charge in [0.1, 0.15) is 0 Å². The molecule has 5 nitrogen and oxygen atoms in total. The number of hydroxylamine groups is 2. The summed E-state index contributed by atoms with van der Waals surface area (Å²) in [5, 5.41) is 1.20. The van der Waals surface area contributed by atoms with Gasteiger partial charge in [0.25, 0.3) is 0 Å². The van der Waals surface area contributed by atoms with Crippen molar-refractivity contribution in [3.8, 4) is 11.3 Å². The van der Waals surface area contributed by atoms with Gasteiger partial charge in [0.05, 0.1) is 13.3 Å². The number of carbonyl (C=O) groups is 1. The van der Waals surface area contributed by atoms with Crippen LogP contribution in [0.2, 0.25) is 0 Å². The minimum absolute atomic E-state index is 0.109. The zero-order valence-electron chi connectivity index (χ0n) is 11.9. The number of carbonyl (C=O) groups excluding carboxylic acids is 1. The number of hydrogen-bond acceptors (Lipinski definition) is 4. The van der Waals surface area contributed by atoms with Gasteiger partial charge in [-0.1, -0.05) is 29.8 Å². The SMILES string of the molecule is CON(C)C(=O)CCc1ncc(-c2ccc(C)cc2)o1. The maximum atomic E-state index is 11.6. The van der Waals surface area contributed by atoms with E-state index in [4.69, 9.17) is 9.25 Å². The summed E-state index contributed by atoms with van der Waals surface area (Å²) in [5.74, 6) is 1.16. The van der Waals surface area contributed by atoms with Gasteiger partial charge in [0.15, 0.2) is 11.7 Å². The van der Waals surface area contributed by atoms with Gasteiger partial charge < -0.3 is 4.42 Å². The summed E-state index contributed by atoms with van der Waals surface area (Å²) in [4.78, 5) is 20.6. The highest BCUT2D eigenvalue weighted by atomic mass is 16.7.